The van der Waals surface area contributed by atoms with E-state index in [4.69, 9.17) is 21.1 Å². The summed E-state index contributed by atoms with van der Waals surface area (Å²) < 4.78 is 10.6. The molecule has 0 aliphatic carbocycles. The fraction of sp³-hybridized carbons (Fsp3) is 0.500. The van der Waals surface area contributed by atoms with E-state index in [9.17, 15) is 0 Å². The van der Waals surface area contributed by atoms with Crippen LogP contribution in [0.25, 0.3) is 0 Å². The lowest BCUT2D eigenvalue weighted by atomic mass is 10.5. The van der Waals surface area contributed by atoms with E-state index in [1.54, 1.807) is 18.3 Å². The molecule has 3 nitrogen and oxygen atoms in total. The lowest BCUT2D eigenvalue weighted by Gasteiger charge is -2.08. The molecular weight excluding hydrogens is 202 g/mol. The largest absolute Gasteiger partial charge is 0.475 e. The van der Waals surface area contributed by atoms with Crippen molar-refractivity contribution in [1.82, 2.24) is 4.98 Å². The van der Waals surface area contributed by atoms with Crippen LogP contribution in [0.15, 0.2) is 18.3 Å². The predicted octanol–water partition coefficient (Wildman–Crippen LogP) is 2.54. The van der Waals surface area contributed by atoms with Gasteiger partial charge in [-0.2, -0.15) is 0 Å². The molecule has 1 aromatic heterocycles. The Bertz CT molecular complexity index is 261. The van der Waals surface area contributed by atoms with Crippen LogP contribution in [0, 0.1) is 0 Å². The maximum absolute atomic E-state index is 5.67. The average molecular weight is 216 g/mol. The van der Waals surface area contributed by atoms with Gasteiger partial charge in [0.1, 0.15) is 6.61 Å². The molecule has 0 unspecified atom stereocenters. The molecule has 0 radical (unpaired) electrons. The maximum Gasteiger partial charge on any atom is 0.213 e. The third-order valence-electron chi connectivity index (χ3n) is 1.48. The van der Waals surface area contributed by atoms with E-state index in [1.165, 1.54) is 0 Å². The van der Waals surface area contributed by atoms with E-state index >= 15 is 0 Å². The Kier molecular flexibility index (Phi) is 4.70. The van der Waals surface area contributed by atoms with Gasteiger partial charge in [0.25, 0.3) is 0 Å². The number of pyridine rings is 1. The Morgan fingerprint density at radius 3 is 2.71 bits per heavy atom. The van der Waals surface area contributed by atoms with Crippen molar-refractivity contribution in [3.63, 3.8) is 0 Å². The molecule has 1 aromatic rings. The fourth-order valence-corrected chi connectivity index (χ4v) is 0.989. The highest BCUT2D eigenvalue weighted by molar-refractivity contribution is 6.30. The summed E-state index contributed by atoms with van der Waals surface area (Å²) in [5.74, 6) is 0.571. The first kappa shape index (κ1) is 11.3. The molecule has 0 N–H and O–H groups in total. The smallest absolute Gasteiger partial charge is 0.213 e. The minimum Gasteiger partial charge on any atom is -0.475 e. The summed E-state index contributed by atoms with van der Waals surface area (Å²) in [4.78, 5) is 3.99. The number of hydrogen-bond acceptors (Lipinski definition) is 3. The average Bonchev–Trinajstić information content (AvgIpc) is 2.15. The van der Waals surface area contributed by atoms with Crippen LogP contribution in [0.5, 0.6) is 5.88 Å². The van der Waals surface area contributed by atoms with Gasteiger partial charge in [-0.15, -0.1) is 0 Å². The summed E-state index contributed by atoms with van der Waals surface area (Å²) in [5.41, 5.74) is 0. The minimum absolute atomic E-state index is 0.233. The van der Waals surface area contributed by atoms with Crippen molar-refractivity contribution in [2.75, 3.05) is 13.2 Å². The summed E-state index contributed by atoms with van der Waals surface area (Å²) in [6.07, 6.45) is 1.79. The van der Waals surface area contributed by atoms with Gasteiger partial charge < -0.3 is 9.47 Å². The van der Waals surface area contributed by atoms with Crippen molar-refractivity contribution in [1.29, 1.82) is 0 Å². The lowest BCUT2D eigenvalue weighted by Crippen LogP contribution is -2.11. The molecule has 0 saturated carbocycles. The van der Waals surface area contributed by atoms with E-state index < -0.39 is 0 Å². The molecule has 4 heteroatoms. The number of halogens is 1. The highest BCUT2D eigenvalue weighted by Crippen LogP contribution is 2.11. The Balaban J connectivity index is 2.21. The van der Waals surface area contributed by atoms with Crippen LogP contribution in [-0.2, 0) is 4.74 Å². The Hall–Kier alpha value is -0.800. The maximum atomic E-state index is 5.67. The van der Waals surface area contributed by atoms with Crippen molar-refractivity contribution >= 4 is 11.6 Å². The monoisotopic (exact) mass is 215 g/mol. The van der Waals surface area contributed by atoms with Crippen LogP contribution in [0.2, 0.25) is 5.02 Å². The summed E-state index contributed by atoms with van der Waals surface area (Å²) >= 11 is 5.67. The second kappa shape index (κ2) is 5.83. The van der Waals surface area contributed by atoms with Gasteiger partial charge in [-0.25, -0.2) is 4.98 Å². The van der Waals surface area contributed by atoms with Crippen LogP contribution in [0.3, 0.4) is 0 Å². The topological polar surface area (TPSA) is 31.4 Å². The molecule has 0 atom stereocenters. The molecule has 0 aliphatic heterocycles. The van der Waals surface area contributed by atoms with Crippen LogP contribution >= 0.6 is 11.6 Å². The summed E-state index contributed by atoms with van der Waals surface area (Å²) in [7, 11) is 0. The van der Waals surface area contributed by atoms with Crippen LogP contribution in [-0.4, -0.2) is 24.3 Å². The van der Waals surface area contributed by atoms with Crippen LogP contribution in [0.1, 0.15) is 13.8 Å². The zero-order chi connectivity index (χ0) is 10.4. The molecule has 0 fully saturated rings. The molecule has 0 bridgehead atoms. The highest BCUT2D eigenvalue weighted by Gasteiger charge is 1.96. The summed E-state index contributed by atoms with van der Waals surface area (Å²) in [6.45, 7) is 5.05. The zero-order valence-corrected chi connectivity index (χ0v) is 9.12. The molecular formula is C10H14ClNO2. The first-order valence-electron chi connectivity index (χ1n) is 4.54. The van der Waals surface area contributed by atoms with Crippen LogP contribution in [0.4, 0.5) is 0 Å². The Morgan fingerprint density at radius 2 is 2.14 bits per heavy atom. The molecule has 14 heavy (non-hydrogen) atoms. The van der Waals surface area contributed by atoms with Gasteiger partial charge >= 0.3 is 0 Å². The number of nitrogens with zero attached hydrogens (tertiary/aromatic N) is 1. The van der Waals surface area contributed by atoms with Gasteiger partial charge in [0.05, 0.1) is 17.7 Å². The first-order valence-corrected chi connectivity index (χ1v) is 4.92. The Morgan fingerprint density at radius 1 is 1.36 bits per heavy atom. The summed E-state index contributed by atoms with van der Waals surface area (Å²) in [6, 6.07) is 3.48. The zero-order valence-electron chi connectivity index (χ0n) is 8.37. The van der Waals surface area contributed by atoms with Crippen LogP contribution < -0.4 is 4.74 Å². The minimum atomic E-state index is 0.233. The second-order valence-corrected chi connectivity index (χ2v) is 3.52. The van der Waals surface area contributed by atoms with Crippen molar-refractivity contribution in [3.05, 3.63) is 23.4 Å². The molecule has 0 aromatic carbocycles. The normalized spacial score (nSPS) is 10.6. The van der Waals surface area contributed by atoms with Gasteiger partial charge in [-0.05, 0) is 19.9 Å². The quantitative estimate of drug-likeness (QED) is 0.708. The predicted molar refractivity (Wildman–Crippen MR) is 55.8 cm³/mol. The van der Waals surface area contributed by atoms with Crippen molar-refractivity contribution in [3.8, 4) is 5.88 Å². The number of aromatic nitrogens is 1. The third kappa shape index (κ3) is 4.44. The molecule has 1 rings (SSSR count). The van der Waals surface area contributed by atoms with Crippen molar-refractivity contribution in [2.24, 2.45) is 0 Å². The van der Waals surface area contributed by atoms with E-state index in [1.807, 2.05) is 13.8 Å². The molecule has 78 valence electrons. The highest BCUT2D eigenvalue weighted by atomic mass is 35.5. The number of rotatable bonds is 5. The summed E-state index contributed by atoms with van der Waals surface area (Å²) in [5, 5.41) is 0.607. The van der Waals surface area contributed by atoms with Gasteiger partial charge in [0.15, 0.2) is 0 Å². The Labute approximate surface area is 89.0 Å². The number of hydrogen-bond donors (Lipinski definition) is 0. The van der Waals surface area contributed by atoms with Gasteiger partial charge in [-0.3, -0.25) is 0 Å². The van der Waals surface area contributed by atoms with Crippen molar-refractivity contribution < 1.29 is 9.47 Å². The van der Waals surface area contributed by atoms with Gasteiger partial charge in [0, 0.05) is 12.3 Å². The molecule has 0 amide bonds. The van der Waals surface area contributed by atoms with E-state index in [-0.39, 0.29) is 6.10 Å². The third-order valence-corrected chi connectivity index (χ3v) is 1.71. The van der Waals surface area contributed by atoms with E-state index in [0.717, 1.165) is 0 Å². The lowest BCUT2D eigenvalue weighted by molar-refractivity contribution is 0.0542. The second-order valence-electron chi connectivity index (χ2n) is 3.08. The standard InChI is InChI=1S/C10H14ClNO2/c1-8(2)13-5-6-14-10-4-3-9(11)7-12-10/h3-4,7-8H,5-6H2,1-2H3. The van der Waals surface area contributed by atoms with Gasteiger partial charge in [0.2, 0.25) is 5.88 Å². The molecule has 0 saturated heterocycles. The first-order chi connectivity index (χ1) is 6.68. The van der Waals surface area contributed by atoms with E-state index in [0.29, 0.717) is 24.1 Å². The SMILES string of the molecule is CC(C)OCCOc1ccc(Cl)cn1. The molecule has 0 spiro atoms. The van der Waals surface area contributed by atoms with Crippen molar-refractivity contribution in [2.45, 2.75) is 20.0 Å². The molecule has 0 aliphatic rings. The van der Waals surface area contributed by atoms with E-state index in [2.05, 4.69) is 4.98 Å². The number of ether oxygens (including phenoxy) is 2. The fourth-order valence-electron chi connectivity index (χ4n) is 0.878. The molecule has 1 heterocycles. The van der Waals surface area contributed by atoms with Gasteiger partial charge in [-0.1, -0.05) is 11.6 Å².